The Kier molecular flexibility index (Phi) is 5.28. The molecule has 0 amide bonds. The van der Waals surface area contributed by atoms with E-state index in [9.17, 15) is 0 Å². The number of nitrogens with two attached hydrogens (primary N) is 1. The van der Waals surface area contributed by atoms with Gasteiger partial charge in [0.15, 0.2) is 5.82 Å². The molecule has 1 aromatic heterocycles. The van der Waals surface area contributed by atoms with Crippen molar-refractivity contribution in [3.8, 4) is 17.1 Å². The molecule has 0 spiro atoms. The lowest BCUT2D eigenvalue weighted by Crippen LogP contribution is -2.22. The van der Waals surface area contributed by atoms with Crippen LogP contribution in [-0.4, -0.2) is 22.6 Å². The number of benzene rings is 1. The summed E-state index contributed by atoms with van der Waals surface area (Å²) < 4.78 is 5.53. The van der Waals surface area contributed by atoms with E-state index in [4.69, 9.17) is 10.5 Å². The molecule has 4 nitrogen and oxygen atoms in total. The summed E-state index contributed by atoms with van der Waals surface area (Å²) in [6, 6.07) is 10.0. The van der Waals surface area contributed by atoms with Crippen LogP contribution in [0, 0.1) is 6.92 Å². The average molecular weight is 285 g/mol. The highest BCUT2D eigenvalue weighted by Crippen LogP contribution is 2.22. The summed E-state index contributed by atoms with van der Waals surface area (Å²) in [6.45, 7) is 6.69. The van der Waals surface area contributed by atoms with Gasteiger partial charge < -0.3 is 10.5 Å². The molecule has 0 saturated heterocycles. The van der Waals surface area contributed by atoms with E-state index < -0.39 is 0 Å². The number of aryl methyl sites for hydroxylation is 1. The smallest absolute Gasteiger partial charge is 0.159 e. The third-order valence-electron chi connectivity index (χ3n) is 3.31. The number of hydrogen-bond donors (Lipinski definition) is 1. The van der Waals surface area contributed by atoms with E-state index in [-0.39, 0.29) is 6.04 Å². The highest BCUT2D eigenvalue weighted by Gasteiger charge is 2.09. The van der Waals surface area contributed by atoms with Crippen molar-refractivity contribution < 1.29 is 4.74 Å². The molecule has 0 aliphatic rings. The molecule has 0 aliphatic heterocycles. The van der Waals surface area contributed by atoms with E-state index in [2.05, 4.69) is 16.9 Å². The molecule has 2 rings (SSSR count). The lowest BCUT2D eigenvalue weighted by molar-refractivity contribution is 0.340. The monoisotopic (exact) mass is 285 g/mol. The van der Waals surface area contributed by atoms with E-state index in [1.165, 1.54) is 0 Å². The van der Waals surface area contributed by atoms with Crippen molar-refractivity contribution in [3.05, 3.63) is 41.7 Å². The fraction of sp³-hybridized carbons (Fsp3) is 0.412. The quantitative estimate of drug-likeness (QED) is 0.885. The standard InChI is InChI=1S/C17H23N3O/c1-4-14(18)11-15-9-12(3)19-17(20-15)13-7-6-8-16(10-13)21-5-2/h6-10,14H,4-5,11,18H2,1-3H3. The lowest BCUT2D eigenvalue weighted by Gasteiger charge is -2.11. The third kappa shape index (κ3) is 4.26. The van der Waals surface area contributed by atoms with Gasteiger partial charge in [0.05, 0.1) is 6.61 Å². The third-order valence-corrected chi connectivity index (χ3v) is 3.31. The van der Waals surface area contributed by atoms with Crippen LogP contribution in [0.3, 0.4) is 0 Å². The zero-order valence-corrected chi connectivity index (χ0v) is 13.0. The van der Waals surface area contributed by atoms with Crippen molar-refractivity contribution in [1.82, 2.24) is 9.97 Å². The molecule has 0 aliphatic carbocycles. The number of rotatable bonds is 6. The molecule has 0 radical (unpaired) electrons. The molecule has 1 heterocycles. The second-order valence-corrected chi connectivity index (χ2v) is 5.16. The minimum atomic E-state index is 0.141. The summed E-state index contributed by atoms with van der Waals surface area (Å²) in [5.74, 6) is 1.57. The summed E-state index contributed by atoms with van der Waals surface area (Å²) in [7, 11) is 0. The molecule has 1 atom stereocenters. The van der Waals surface area contributed by atoms with Crippen LogP contribution in [0.1, 0.15) is 31.7 Å². The predicted octanol–water partition coefficient (Wildman–Crippen LogP) is 3.13. The van der Waals surface area contributed by atoms with E-state index in [1.807, 2.05) is 44.2 Å². The molecule has 4 heteroatoms. The summed E-state index contributed by atoms with van der Waals surface area (Å²) in [5.41, 5.74) is 8.95. The van der Waals surface area contributed by atoms with Crippen LogP contribution in [0.25, 0.3) is 11.4 Å². The van der Waals surface area contributed by atoms with Gasteiger partial charge in [-0.15, -0.1) is 0 Å². The predicted molar refractivity (Wildman–Crippen MR) is 85.3 cm³/mol. The topological polar surface area (TPSA) is 61.0 Å². The first kappa shape index (κ1) is 15.4. The molecule has 0 fully saturated rings. The van der Waals surface area contributed by atoms with Crippen molar-refractivity contribution >= 4 is 0 Å². The van der Waals surface area contributed by atoms with Crippen LogP contribution in [0.4, 0.5) is 0 Å². The van der Waals surface area contributed by atoms with E-state index in [0.717, 1.165) is 41.4 Å². The molecule has 2 N–H and O–H groups in total. The summed E-state index contributed by atoms with van der Waals surface area (Å²) in [6.07, 6.45) is 1.72. The fourth-order valence-corrected chi connectivity index (χ4v) is 2.17. The average Bonchev–Trinajstić information content (AvgIpc) is 2.47. The Balaban J connectivity index is 2.32. The molecule has 1 aromatic carbocycles. The van der Waals surface area contributed by atoms with Crippen LogP contribution in [0.5, 0.6) is 5.75 Å². The first-order valence-electron chi connectivity index (χ1n) is 7.45. The van der Waals surface area contributed by atoms with Gasteiger partial charge in [0, 0.05) is 29.4 Å². The van der Waals surface area contributed by atoms with Gasteiger partial charge in [-0.3, -0.25) is 0 Å². The Labute approximate surface area is 126 Å². The van der Waals surface area contributed by atoms with Crippen molar-refractivity contribution in [2.45, 2.75) is 39.7 Å². The summed E-state index contributed by atoms with van der Waals surface area (Å²) in [4.78, 5) is 9.18. The van der Waals surface area contributed by atoms with Gasteiger partial charge in [-0.1, -0.05) is 19.1 Å². The first-order valence-corrected chi connectivity index (χ1v) is 7.45. The van der Waals surface area contributed by atoms with Crippen LogP contribution in [0.15, 0.2) is 30.3 Å². The van der Waals surface area contributed by atoms with Gasteiger partial charge in [-0.2, -0.15) is 0 Å². The van der Waals surface area contributed by atoms with Crippen molar-refractivity contribution in [1.29, 1.82) is 0 Å². The fourth-order valence-electron chi connectivity index (χ4n) is 2.17. The normalized spacial score (nSPS) is 12.2. The molecular formula is C17H23N3O. The number of aromatic nitrogens is 2. The van der Waals surface area contributed by atoms with Gasteiger partial charge >= 0.3 is 0 Å². The second kappa shape index (κ2) is 7.18. The largest absolute Gasteiger partial charge is 0.494 e. The Morgan fingerprint density at radius 2 is 2.00 bits per heavy atom. The minimum Gasteiger partial charge on any atom is -0.494 e. The molecule has 0 saturated carbocycles. The summed E-state index contributed by atoms with van der Waals surface area (Å²) in [5, 5.41) is 0. The zero-order valence-electron chi connectivity index (χ0n) is 13.0. The van der Waals surface area contributed by atoms with E-state index in [1.54, 1.807) is 0 Å². The lowest BCUT2D eigenvalue weighted by atomic mass is 10.1. The van der Waals surface area contributed by atoms with E-state index >= 15 is 0 Å². The first-order chi connectivity index (χ1) is 10.1. The van der Waals surface area contributed by atoms with Gasteiger partial charge in [0.25, 0.3) is 0 Å². The van der Waals surface area contributed by atoms with Crippen molar-refractivity contribution in [3.63, 3.8) is 0 Å². The number of ether oxygens (including phenoxy) is 1. The molecule has 1 unspecified atom stereocenters. The number of hydrogen-bond acceptors (Lipinski definition) is 4. The van der Waals surface area contributed by atoms with Crippen LogP contribution < -0.4 is 10.5 Å². The Morgan fingerprint density at radius 3 is 2.71 bits per heavy atom. The molecular weight excluding hydrogens is 262 g/mol. The maximum absolute atomic E-state index is 6.03. The molecule has 112 valence electrons. The Morgan fingerprint density at radius 1 is 1.19 bits per heavy atom. The van der Waals surface area contributed by atoms with Gasteiger partial charge in [-0.25, -0.2) is 9.97 Å². The molecule has 2 aromatic rings. The van der Waals surface area contributed by atoms with Gasteiger partial charge in [0.2, 0.25) is 0 Å². The van der Waals surface area contributed by atoms with Gasteiger partial charge in [-0.05, 0) is 38.5 Å². The van der Waals surface area contributed by atoms with Crippen LogP contribution in [-0.2, 0) is 6.42 Å². The van der Waals surface area contributed by atoms with E-state index in [0.29, 0.717) is 6.61 Å². The Hall–Kier alpha value is -1.94. The van der Waals surface area contributed by atoms with Gasteiger partial charge in [0.1, 0.15) is 5.75 Å². The summed E-state index contributed by atoms with van der Waals surface area (Å²) >= 11 is 0. The number of nitrogens with zero attached hydrogens (tertiary/aromatic N) is 2. The zero-order chi connectivity index (χ0) is 15.2. The van der Waals surface area contributed by atoms with Crippen LogP contribution >= 0.6 is 0 Å². The van der Waals surface area contributed by atoms with Crippen molar-refractivity contribution in [2.24, 2.45) is 5.73 Å². The molecule has 0 bridgehead atoms. The molecule has 21 heavy (non-hydrogen) atoms. The maximum Gasteiger partial charge on any atom is 0.159 e. The highest BCUT2D eigenvalue weighted by atomic mass is 16.5. The van der Waals surface area contributed by atoms with Crippen molar-refractivity contribution in [2.75, 3.05) is 6.61 Å². The maximum atomic E-state index is 6.03. The second-order valence-electron chi connectivity index (χ2n) is 5.16. The minimum absolute atomic E-state index is 0.141. The highest BCUT2D eigenvalue weighted by molar-refractivity contribution is 5.57. The SMILES string of the molecule is CCOc1cccc(-c2nc(C)cc(CC(N)CC)n2)c1. The Bertz CT molecular complexity index is 598. The van der Waals surface area contributed by atoms with Crippen LogP contribution in [0.2, 0.25) is 0 Å².